The van der Waals surface area contributed by atoms with Crippen LogP contribution in [0, 0.1) is 6.92 Å². The van der Waals surface area contributed by atoms with E-state index < -0.39 is 0 Å². The fourth-order valence-electron chi connectivity index (χ4n) is 3.98. The smallest absolute Gasteiger partial charge is 0.161 e. The number of rotatable bonds is 6. The van der Waals surface area contributed by atoms with Gasteiger partial charge in [-0.2, -0.15) is 0 Å². The zero-order chi connectivity index (χ0) is 20.2. The van der Waals surface area contributed by atoms with Crippen molar-refractivity contribution in [3.63, 3.8) is 0 Å². The first-order valence-electron chi connectivity index (χ1n) is 10.0. The molecule has 0 saturated carbocycles. The van der Waals surface area contributed by atoms with Crippen molar-refractivity contribution in [2.75, 3.05) is 20.8 Å². The maximum Gasteiger partial charge on any atom is 0.161 e. The third-order valence-electron chi connectivity index (χ3n) is 5.56. The summed E-state index contributed by atoms with van der Waals surface area (Å²) in [6, 6.07) is 14.9. The summed E-state index contributed by atoms with van der Waals surface area (Å²) < 4.78 is 10.9. The molecular weight excluding hydrogens is 362 g/mol. The lowest BCUT2D eigenvalue weighted by molar-refractivity contribution is 0.247. The molecule has 1 aliphatic rings. The second-order valence-electron chi connectivity index (χ2n) is 7.52. The van der Waals surface area contributed by atoms with E-state index >= 15 is 0 Å². The van der Waals surface area contributed by atoms with E-state index in [1.807, 2.05) is 18.5 Å². The number of ether oxygens (including phenoxy) is 2. The van der Waals surface area contributed by atoms with Crippen LogP contribution >= 0.6 is 0 Å². The zero-order valence-corrected chi connectivity index (χ0v) is 17.3. The molecular formula is C24H27N3O2. The SMILES string of the molecule is COc1ccc([C@H]2CCCN2Cc2cnc(-c3ccc(C)cc3)nc2)cc1OC. The van der Waals surface area contributed by atoms with E-state index in [1.54, 1.807) is 14.2 Å². The second-order valence-corrected chi connectivity index (χ2v) is 7.52. The number of hydrogen-bond donors (Lipinski definition) is 0. The average molecular weight is 389 g/mol. The van der Waals surface area contributed by atoms with Gasteiger partial charge in [-0.15, -0.1) is 0 Å². The Hall–Kier alpha value is -2.92. The van der Waals surface area contributed by atoms with E-state index in [4.69, 9.17) is 9.47 Å². The largest absolute Gasteiger partial charge is 0.493 e. The first kappa shape index (κ1) is 19.4. The predicted octanol–water partition coefficient (Wildman–Crippen LogP) is 4.81. The van der Waals surface area contributed by atoms with Crippen LogP contribution in [0.2, 0.25) is 0 Å². The molecule has 0 radical (unpaired) electrons. The van der Waals surface area contributed by atoms with Crippen molar-refractivity contribution in [1.29, 1.82) is 0 Å². The summed E-state index contributed by atoms with van der Waals surface area (Å²) in [7, 11) is 3.35. The molecule has 2 aromatic carbocycles. The Morgan fingerprint density at radius 3 is 2.38 bits per heavy atom. The van der Waals surface area contributed by atoms with Gasteiger partial charge in [0.2, 0.25) is 0 Å². The Bertz CT molecular complexity index is 955. The first-order valence-corrected chi connectivity index (χ1v) is 10.0. The normalized spacial score (nSPS) is 16.7. The first-order chi connectivity index (χ1) is 14.2. The van der Waals surface area contributed by atoms with Crippen LogP contribution in [0.1, 0.15) is 35.6 Å². The fourth-order valence-corrected chi connectivity index (χ4v) is 3.98. The molecule has 5 heteroatoms. The van der Waals surface area contributed by atoms with Gasteiger partial charge in [-0.05, 0) is 44.0 Å². The predicted molar refractivity (Wildman–Crippen MR) is 114 cm³/mol. The number of likely N-dealkylation sites (tertiary alicyclic amines) is 1. The molecule has 1 aliphatic heterocycles. The molecule has 2 heterocycles. The molecule has 4 rings (SSSR count). The van der Waals surface area contributed by atoms with Crippen molar-refractivity contribution in [3.8, 4) is 22.9 Å². The van der Waals surface area contributed by atoms with Gasteiger partial charge in [0.15, 0.2) is 17.3 Å². The van der Waals surface area contributed by atoms with Gasteiger partial charge in [0.25, 0.3) is 0 Å². The van der Waals surface area contributed by atoms with Crippen LogP contribution in [0.3, 0.4) is 0 Å². The molecule has 5 nitrogen and oxygen atoms in total. The monoisotopic (exact) mass is 389 g/mol. The molecule has 1 atom stereocenters. The van der Waals surface area contributed by atoms with Gasteiger partial charge >= 0.3 is 0 Å². The molecule has 0 aliphatic carbocycles. The Kier molecular flexibility index (Phi) is 5.76. The van der Waals surface area contributed by atoms with Gasteiger partial charge in [0.1, 0.15) is 0 Å². The van der Waals surface area contributed by atoms with Crippen LogP contribution in [-0.2, 0) is 6.54 Å². The Morgan fingerprint density at radius 2 is 1.69 bits per heavy atom. The minimum atomic E-state index is 0.367. The summed E-state index contributed by atoms with van der Waals surface area (Å²) >= 11 is 0. The lowest BCUT2D eigenvalue weighted by Gasteiger charge is -2.25. The number of aromatic nitrogens is 2. The van der Waals surface area contributed by atoms with E-state index in [2.05, 4.69) is 58.2 Å². The highest BCUT2D eigenvalue weighted by molar-refractivity contribution is 5.55. The van der Waals surface area contributed by atoms with Crippen molar-refractivity contribution in [3.05, 3.63) is 71.5 Å². The fraction of sp³-hybridized carbons (Fsp3) is 0.333. The van der Waals surface area contributed by atoms with E-state index in [1.165, 1.54) is 17.5 Å². The molecule has 1 saturated heterocycles. The summed E-state index contributed by atoms with van der Waals surface area (Å²) in [5.74, 6) is 2.31. The number of methoxy groups -OCH3 is 2. The van der Waals surface area contributed by atoms with Crippen molar-refractivity contribution in [1.82, 2.24) is 14.9 Å². The lowest BCUT2D eigenvalue weighted by Crippen LogP contribution is -2.23. The van der Waals surface area contributed by atoms with Crippen LogP contribution in [0.15, 0.2) is 54.9 Å². The van der Waals surface area contributed by atoms with Gasteiger partial charge in [-0.3, -0.25) is 4.90 Å². The number of hydrogen-bond acceptors (Lipinski definition) is 5. The number of aryl methyl sites for hydroxylation is 1. The molecule has 1 aromatic heterocycles. The Morgan fingerprint density at radius 1 is 0.966 bits per heavy atom. The van der Waals surface area contributed by atoms with Crippen LogP contribution in [0.4, 0.5) is 0 Å². The molecule has 0 bridgehead atoms. The third-order valence-corrected chi connectivity index (χ3v) is 5.56. The average Bonchev–Trinajstić information content (AvgIpc) is 3.22. The van der Waals surface area contributed by atoms with Crippen LogP contribution < -0.4 is 9.47 Å². The highest BCUT2D eigenvalue weighted by Gasteiger charge is 2.27. The molecule has 0 spiro atoms. The standard InChI is InChI=1S/C24H27N3O2/c1-17-6-8-19(9-7-17)24-25-14-18(15-26-24)16-27-12-4-5-21(27)20-10-11-22(28-2)23(13-20)29-3/h6-11,13-15,21H,4-5,12,16H2,1-3H3/t21-/m1/s1. The molecule has 0 amide bonds. The quantitative estimate of drug-likeness (QED) is 0.606. The van der Waals surface area contributed by atoms with Crippen LogP contribution in [-0.4, -0.2) is 35.6 Å². The molecule has 0 N–H and O–H groups in total. The molecule has 0 unspecified atom stereocenters. The van der Waals surface area contributed by atoms with Crippen molar-refractivity contribution < 1.29 is 9.47 Å². The Balaban J connectivity index is 1.49. The van der Waals surface area contributed by atoms with Crippen molar-refractivity contribution in [2.24, 2.45) is 0 Å². The summed E-state index contributed by atoms with van der Waals surface area (Å²) in [4.78, 5) is 11.7. The highest BCUT2D eigenvalue weighted by atomic mass is 16.5. The van der Waals surface area contributed by atoms with Gasteiger partial charge in [-0.1, -0.05) is 35.9 Å². The summed E-state index contributed by atoms with van der Waals surface area (Å²) in [6.45, 7) is 3.99. The number of benzene rings is 2. The lowest BCUT2D eigenvalue weighted by atomic mass is 10.0. The molecule has 1 fully saturated rings. The topological polar surface area (TPSA) is 47.5 Å². The van der Waals surface area contributed by atoms with Crippen molar-refractivity contribution in [2.45, 2.75) is 32.4 Å². The molecule has 29 heavy (non-hydrogen) atoms. The minimum absolute atomic E-state index is 0.367. The second kappa shape index (κ2) is 8.62. The summed E-state index contributed by atoms with van der Waals surface area (Å²) in [5, 5.41) is 0. The van der Waals surface area contributed by atoms with Gasteiger partial charge in [0.05, 0.1) is 14.2 Å². The van der Waals surface area contributed by atoms with Crippen molar-refractivity contribution >= 4 is 0 Å². The van der Waals surface area contributed by atoms with E-state index in [0.717, 1.165) is 48.0 Å². The highest BCUT2D eigenvalue weighted by Crippen LogP contribution is 2.37. The maximum absolute atomic E-state index is 5.49. The van der Waals surface area contributed by atoms with Crippen LogP contribution in [0.5, 0.6) is 11.5 Å². The summed E-state index contributed by atoms with van der Waals surface area (Å²) in [5.41, 5.74) is 4.68. The maximum atomic E-state index is 5.49. The molecule has 150 valence electrons. The van der Waals surface area contributed by atoms with Gasteiger partial charge < -0.3 is 9.47 Å². The van der Waals surface area contributed by atoms with E-state index in [-0.39, 0.29) is 0 Å². The Labute approximate surface area is 172 Å². The van der Waals surface area contributed by atoms with Gasteiger partial charge in [0, 0.05) is 36.1 Å². The van der Waals surface area contributed by atoms with Gasteiger partial charge in [-0.25, -0.2) is 9.97 Å². The third kappa shape index (κ3) is 4.25. The van der Waals surface area contributed by atoms with E-state index in [9.17, 15) is 0 Å². The minimum Gasteiger partial charge on any atom is -0.493 e. The molecule has 3 aromatic rings. The summed E-state index contributed by atoms with van der Waals surface area (Å²) in [6.07, 6.45) is 6.22. The van der Waals surface area contributed by atoms with E-state index in [0.29, 0.717) is 6.04 Å². The zero-order valence-electron chi connectivity index (χ0n) is 17.3. The number of nitrogens with zero attached hydrogens (tertiary/aromatic N) is 3. The van der Waals surface area contributed by atoms with Crippen LogP contribution in [0.25, 0.3) is 11.4 Å².